The van der Waals surface area contributed by atoms with E-state index in [0.717, 1.165) is 12.8 Å². The van der Waals surface area contributed by atoms with Gasteiger partial charge in [-0.3, -0.25) is 4.79 Å². The minimum absolute atomic E-state index is 0.133. The fourth-order valence-corrected chi connectivity index (χ4v) is 2.49. The average molecular weight is 279 g/mol. The fraction of sp³-hybridized carbons (Fsp3) is 0.706. The van der Waals surface area contributed by atoms with Crippen LogP contribution in [0.15, 0.2) is 24.8 Å². The Hall–Kier alpha value is -1.09. The quantitative estimate of drug-likeness (QED) is 0.378. The van der Waals surface area contributed by atoms with E-state index in [1.807, 2.05) is 0 Å². The molecule has 0 fully saturated rings. The van der Waals surface area contributed by atoms with E-state index in [-0.39, 0.29) is 5.91 Å². The number of amides is 1. The van der Waals surface area contributed by atoms with Gasteiger partial charge in [0.1, 0.15) is 0 Å². The Morgan fingerprint density at radius 2 is 2.30 bits per heavy atom. The molecular formula is C17H29NO2. The van der Waals surface area contributed by atoms with Gasteiger partial charge in [0.2, 0.25) is 5.91 Å². The van der Waals surface area contributed by atoms with Crippen LogP contribution in [-0.4, -0.2) is 25.2 Å². The Morgan fingerprint density at radius 3 is 2.90 bits per heavy atom. The van der Waals surface area contributed by atoms with Crippen molar-refractivity contribution in [1.29, 1.82) is 0 Å². The number of carbonyl (C=O) groups is 1. The molecule has 0 heterocycles. The van der Waals surface area contributed by atoms with E-state index in [9.17, 15) is 4.79 Å². The van der Waals surface area contributed by atoms with Gasteiger partial charge in [-0.25, -0.2) is 0 Å². The topological polar surface area (TPSA) is 38.3 Å². The van der Waals surface area contributed by atoms with Gasteiger partial charge in [0.05, 0.1) is 12.7 Å². The molecular weight excluding hydrogens is 250 g/mol. The molecule has 20 heavy (non-hydrogen) atoms. The van der Waals surface area contributed by atoms with Crippen LogP contribution in [0.4, 0.5) is 0 Å². The summed E-state index contributed by atoms with van der Waals surface area (Å²) in [6.07, 6.45) is 12.1. The van der Waals surface area contributed by atoms with Crippen molar-refractivity contribution in [1.82, 2.24) is 5.32 Å². The summed E-state index contributed by atoms with van der Waals surface area (Å²) >= 11 is 0. The first-order valence-corrected chi connectivity index (χ1v) is 7.80. The molecule has 0 radical (unpaired) electrons. The number of hydrogen-bond acceptors (Lipinski definition) is 2. The minimum atomic E-state index is -0.133. The van der Waals surface area contributed by atoms with E-state index in [4.69, 9.17) is 4.74 Å². The van der Waals surface area contributed by atoms with Crippen molar-refractivity contribution in [3.8, 4) is 0 Å². The van der Waals surface area contributed by atoms with Crippen molar-refractivity contribution in [2.45, 2.75) is 52.1 Å². The van der Waals surface area contributed by atoms with Crippen molar-refractivity contribution in [3.05, 3.63) is 24.8 Å². The number of rotatable bonds is 10. The van der Waals surface area contributed by atoms with Gasteiger partial charge in [-0.2, -0.15) is 0 Å². The molecule has 1 N–H and O–H groups in total. The van der Waals surface area contributed by atoms with Crippen molar-refractivity contribution >= 4 is 5.91 Å². The average Bonchev–Trinajstić information content (AvgIpc) is 2.92. The van der Waals surface area contributed by atoms with Crippen LogP contribution in [0, 0.1) is 11.8 Å². The monoisotopic (exact) mass is 279 g/mol. The highest BCUT2D eigenvalue weighted by Crippen LogP contribution is 2.25. The van der Waals surface area contributed by atoms with Crippen LogP contribution in [0.3, 0.4) is 0 Å². The number of nitrogens with one attached hydrogen (secondary N) is 1. The summed E-state index contributed by atoms with van der Waals surface area (Å²) < 4.78 is 5.97. The SMILES string of the molecule is C=CC(=O)NCCOC(CCC(C)C)CC1C=CCC1. The zero-order chi connectivity index (χ0) is 14.8. The molecule has 2 unspecified atom stereocenters. The zero-order valence-corrected chi connectivity index (χ0v) is 12.9. The third-order valence-electron chi connectivity index (χ3n) is 3.68. The van der Waals surface area contributed by atoms with E-state index < -0.39 is 0 Å². The highest BCUT2D eigenvalue weighted by Gasteiger charge is 2.17. The molecule has 3 nitrogen and oxygen atoms in total. The van der Waals surface area contributed by atoms with Gasteiger partial charge in [0, 0.05) is 6.54 Å². The lowest BCUT2D eigenvalue weighted by Crippen LogP contribution is -2.28. The number of carbonyl (C=O) groups excluding carboxylic acids is 1. The molecule has 3 heteroatoms. The van der Waals surface area contributed by atoms with E-state index in [2.05, 4.69) is 37.9 Å². The zero-order valence-electron chi connectivity index (χ0n) is 12.9. The lowest BCUT2D eigenvalue weighted by atomic mass is 9.96. The molecule has 1 aliphatic carbocycles. The van der Waals surface area contributed by atoms with Crippen molar-refractivity contribution in [2.75, 3.05) is 13.2 Å². The summed E-state index contributed by atoms with van der Waals surface area (Å²) in [6, 6.07) is 0. The molecule has 1 rings (SSSR count). The van der Waals surface area contributed by atoms with E-state index >= 15 is 0 Å². The van der Waals surface area contributed by atoms with Gasteiger partial charge in [0.25, 0.3) is 0 Å². The van der Waals surface area contributed by atoms with Gasteiger partial charge in [-0.05, 0) is 50.0 Å². The summed E-state index contributed by atoms with van der Waals surface area (Å²) in [5.74, 6) is 1.25. The second-order valence-corrected chi connectivity index (χ2v) is 5.96. The molecule has 2 atom stereocenters. The first kappa shape index (κ1) is 17.0. The minimum Gasteiger partial charge on any atom is -0.376 e. The second kappa shape index (κ2) is 9.76. The van der Waals surface area contributed by atoms with Crippen LogP contribution in [0.2, 0.25) is 0 Å². The Bertz CT molecular complexity index is 323. The van der Waals surface area contributed by atoms with E-state index in [0.29, 0.717) is 31.1 Å². The number of allylic oxidation sites excluding steroid dienone is 2. The highest BCUT2D eigenvalue weighted by atomic mass is 16.5. The van der Waals surface area contributed by atoms with Gasteiger partial charge in [-0.15, -0.1) is 0 Å². The largest absolute Gasteiger partial charge is 0.376 e. The first-order valence-electron chi connectivity index (χ1n) is 7.80. The maximum atomic E-state index is 11.1. The second-order valence-electron chi connectivity index (χ2n) is 5.96. The van der Waals surface area contributed by atoms with Gasteiger partial charge in [0.15, 0.2) is 0 Å². The standard InChI is InChI=1S/C17H29NO2/c1-4-17(19)18-11-12-20-16(10-9-14(2)3)13-15-7-5-6-8-15/h4-5,7,14-16H,1,6,8-13H2,2-3H3,(H,18,19). The molecule has 0 bridgehead atoms. The lowest BCUT2D eigenvalue weighted by molar-refractivity contribution is -0.116. The molecule has 0 saturated carbocycles. The summed E-state index contributed by atoms with van der Waals surface area (Å²) in [5, 5.41) is 2.75. The molecule has 0 aromatic rings. The smallest absolute Gasteiger partial charge is 0.243 e. The normalized spacial score (nSPS) is 19.2. The Kier molecular flexibility index (Phi) is 8.28. The van der Waals surface area contributed by atoms with Crippen molar-refractivity contribution in [3.63, 3.8) is 0 Å². The van der Waals surface area contributed by atoms with Crippen molar-refractivity contribution in [2.24, 2.45) is 11.8 Å². The van der Waals surface area contributed by atoms with Crippen LogP contribution in [0.1, 0.15) is 46.0 Å². The molecule has 1 aliphatic rings. The number of ether oxygens (including phenoxy) is 1. The Balaban J connectivity index is 2.27. The van der Waals surface area contributed by atoms with Crippen LogP contribution in [0.5, 0.6) is 0 Å². The lowest BCUT2D eigenvalue weighted by Gasteiger charge is -2.21. The highest BCUT2D eigenvalue weighted by molar-refractivity contribution is 5.86. The predicted octanol–water partition coefficient (Wildman–Crippen LogP) is 3.47. The van der Waals surface area contributed by atoms with Gasteiger partial charge in [-0.1, -0.05) is 32.6 Å². The molecule has 0 spiro atoms. The van der Waals surface area contributed by atoms with Crippen LogP contribution >= 0.6 is 0 Å². The van der Waals surface area contributed by atoms with E-state index in [1.165, 1.54) is 25.3 Å². The first-order chi connectivity index (χ1) is 9.61. The Morgan fingerprint density at radius 1 is 1.50 bits per heavy atom. The molecule has 0 aromatic heterocycles. The maximum absolute atomic E-state index is 11.1. The summed E-state index contributed by atoms with van der Waals surface area (Å²) in [6.45, 7) is 9.07. The summed E-state index contributed by atoms with van der Waals surface area (Å²) in [7, 11) is 0. The van der Waals surface area contributed by atoms with Gasteiger partial charge < -0.3 is 10.1 Å². The molecule has 1 amide bonds. The van der Waals surface area contributed by atoms with Gasteiger partial charge >= 0.3 is 0 Å². The predicted molar refractivity (Wildman–Crippen MR) is 83.5 cm³/mol. The molecule has 0 aromatic carbocycles. The summed E-state index contributed by atoms with van der Waals surface area (Å²) in [4.78, 5) is 11.1. The van der Waals surface area contributed by atoms with Crippen LogP contribution < -0.4 is 5.32 Å². The third kappa shape index (κ3) is 7.49. The molecule has 0 saturated heterocycles. The fourth-order valence-electron chi connectivity index (χ4n) is 2.49. The summed E-state index contributed by atoms with van der Waals surface area (Å²) in [5.41, 5.74) is 0. The molecule has 114 valence electrons. The maximum Gasteiger partial charge on any atom is 0.243 e. The van der Waals surface area contributed by atoms with E-state index in [1.54, 1.807) is 0 Å². The number of hydrogen-bond donors (Lipinski definition) is 1. The van der Waals surface area contributed by atoms with Crippen molar-refractivity contribution < 1.29 is 9.53 Å². The molecule has 0 aliphatic heterocycles. The third-order valence-corrected chi connectivity index (χ3v) is 3.68. The Labute approximate surface area is 123 Å². The van der Waals surface area contributed by atoms with Crippen LogP contribution in [-0.2, 0) is 9.53 Å². The van der Waals surface area contributed by atoms with Crippen LogP contribution in [0.25, 0.3) is 0 Å².